The van der Waals surface area contributed by atoms with E-state index in [0.29, 0.717) is 27.3 Å². The Balaban J connectivity index is 0.00000400. The number of benzene rings is 3. The first-order valence-electron chi connectivity index (χ1n) is 12.1. The standard InChI is InChI=1S/C29H28Cl4N2O2.BrH/c1-2-6-26(27(36)20-7-4-3-5-8-20)34-15-16-35(19-34)29(33)28(21-9-12-23(30)13-10-21)37-18-22-11-14-24(31)17-25(22)32;/h3-5,7-17,26,28-29H,2,6,18-19H2,1H3;1H. The summed E-state index contributed by atoms with van der Waals surface area (Å²) in [5.41, 5.74) is 1.84. The molecule has 0 spiro atoms. The Morgan fingerprint density at radius 3 is 2.24 bits per heavy atom. The molecule has 3 aromatic rings. The van der Waals surface area contributed by atoms with Crippen LogP contribution in [0, 0.1) is 0 Å². The molecule has 202 valence electrons. The van der Waals surface area contributed by atoms with Gasteiger partial charge in [-0.1, -0.05) is 108 Å². The van der Waals surface area contributed by atoms with Crippen molar-refractivity contribution in [2.45, 2.75) is 44.0 Å². The fraction of sp³-hybridized carbons (Fsp3) is 0.276. The van der Waals surface area contributed by atoms with Gasteiger partial charge in [-0.25, -0.2) is 0 Å². The number of hydrogen-bond acceptors (Lipinski definition) is 4. The number of rotatable bonds is 11. The van der Waals surface area contributed by atoms with Crippen LogP contribution in [0.3, 0.4) is 0 Å². The van der Waals surface area contributed by atoms with Crippen LogP contribution in [0.2, 0.25) is 15.1 Å². The van der Waals surface area contributed by atoms with Crippen molar-refractivity contribution in [2.24, 2.45) is 0 Å². The van der Waals surface area contributed by atoms with Gasteiger partial charge in [-0.05, 0) is 41.8 Å². The second-order valence-electron chi connectivity index (χ2n) is 8.89. The zero-order valence-electron chi connectivity index (χ0n) is 20.8. The topological polar surface area (TPSA) is 32.8 Å². The van der Waals surface area contributed by atoms with Crippen LogP contribution in [-0.2, 0) is 11.3 Å². The first kappa shape index (κ1) is 30.8. The van der Waals surface area contributed by atoms with Crippen molar-refractivity contribution in [1.82, 2.24) is 9.80 Å². The lowest BCUT2D eigenvalue weighted by Crippen LogP contribution is -2.42. The van der Waals surface area contributed by atoms with E-state index in [-0.39, 0.29) is 35.4 Å². The first-order chi connectivity index (χ1) is 17.9. The van der Waals surface area contributed by atoms with E-state index in [0.717, 1.165) is 24.0 Å². The van der Waals surface area contributed by atoms with Gasteiger partial charge < -0.3 is 14.5 Å². The van der Waals surface area contributed by atoms with E-state index >= 15 is 0 Å². The van der Waals surface area contributed by atoms with Gasteiger partial charge in [-0.3, -0.25) is 4.79 Å². The average Bonchev–Trinajstić information content (AvgIpc) is 3.39. The minimum Gasteiger partial charge on any atom is -0.365 e. The zero-order valence-corrected chi connectivity index (χ0v) is 25.5. The third kappa shape index (κ3) is 7.68. The number of Topliss-reactive ketones (excluding diaryl/α,β-unsaturated/α-hetero) is 1. The van der Waals surface area contributed by atoms with Gasteiger partial charge in [0.25, 0.3) is 0 Å². The summed E-state index contributed by atoms with van der Waals surface area (Å²) in [5.74, 6) is 0.1000. The number of ketones is 1. The van der Waals surface area contributed by atoms with Gasteiger partial charge in [0, 0.05) is 33.0 Å². The Hall–Kier alpha value is -1.73. The summed E-state index contributed by atoms with van der Waals surface area (Å²) in [4.78, 5) is 17.3. The third-order valence-corrected chi connectivity index (χ3v) is 7.62. The van der Waals surface area contributed by atoms with Gasteiger partial charge in [0.1, 0.15) is 11.6 Å². The lowest BCUT2D eigenvalue weighted by molar-refractivity contribution is 0.00532. The maximum absolute atomic E-state index is 13.3. The molecule has 0 radical (unpaired) electrons. The van der Waals surface area contributed by atoms with Crippen molar-refractivity contribution in [2.75, 3.05) is 6.67 Å². The molecule has 0 amide bonds. The predicted octanol–water partition coefficient (Wildman–Crippen LogP) is 9.15. The molecule has 0 aromatic heterocycles. The molecular formula is C29H29BrCl4N2O2. The number of hydrogen-bond donors (Lipinski definition) is 0. The summed E-state index contributed by atoms with van der Waals surface area (Å²) in [5, 5.41) is 1.72. The van der Waals surface area contributed by atoms with Crippen molar-refractivity contribution >= 4 is 69.2 Å². The van der Waals surface area contributed by atoms with Crippen LogP contribution in [0.4, 0.5) is 0 Å². The highest BCUT2D eigenvalue weighted by atomic mass is 79.9. The summed E-state index contributed by atoms with van der Waals surface area (Å²) >= 11 is 25.6. The van der Waals surface area contributed by atoms with Crippen LogP contribution in [-0.4, -0.2) is 33.8 Å². The van der Waals surface area contributed by atoms with Crippen LogP contribution in [0.15, 0.2) is 85.2 Å². The van der Waals surface area contributed by atoms with Gasteiger partial charge in [0.15, 0.2) is 5.78 Å². The molecule has 0 saturated carbocycles. The molecule has 3 unspecified atom stereocenters. The Morgan fingerprint density at radius 2 is 1.58 bits per heavy atom. The highest BCUT2D eigenvalue weighted by Crippen LogP contribution is 2.33. The molecule has 0 fully saturated rings. The predicted molar refractivity (Wildman–Crippen MR) is 163 cm³/mol. The summed E-state index contributed by atoms with van der Waals surface area (Å²) in [6.45, 7) is 2.80. The van der Waals surface area contributed by atoms with Gasteiger partial charge in [0.2, 0.25) is 0 Å². The van der Waals surface area contributed by atoms with Gasteiger partial charge in [0.05, 0.1) is 19.3 Å². The highest BCUT2D eigenvalue weighted by Gasteiger charge is 2.33. The SMILES string of the molecule is Br.CCCC(C(=O)c1ccccc1)N1C=CN(C(Cl)C(OCc2ccc(Cl)cc2Cl)c2ccc(Cl)cc2)C1. The second kappa shape index (κ2) is 14.6. The monoisotopic (exact) mass is 656 g/mol. The van der Waals surface area contributed by atoms with E-state index in [1.807, 2.05) is 82.9 Å². The van der Waals surface area contributed by atoms with E-state index in [1.165, 1.54) is 0 Å². The van der Waals surface area contributed by atoms with Crippen molar-refractivity contribution < 1.29 is 9.53 Å². The van der Waals surface area contributed by atoms with E-state index in [1.54, 1.807) is 12.1 Å². The molecule has 38 heavy (non-hydrogen) atoms. The molecule has 3 atom stereocenters. The molecule has 1 heterocycles. The Morgan fingerprint density at radius 1 is 0.921 bits per heavy atom. The Labute approximate surface area is 254 Å². The first-order valence-corrected chi connectivity index (χ1v) is 13.7. The van der Waals surface area contributed by atoms with Crippen molar-refractivity contribution in [3.8, 4) is 0 Å². The number of ether oxygens (including phenoxy) is 1. The fourth-order valence-corrected chi connectivity index (χ4v) is 5.25. The molecule has 0 N–H and O–H groups in total. The summed E-state index contributed by atoms with van der Waals surface area (Å²) in [6.07, 6.45) is 4.98. The summed E-state index contributed by atoms with van der Waals surface area (Å²) < 4.78 is 6.35. The fourth-order valence-electron chi connectivity index (χ4n) is 4.31. The average molecular weight is 659 g/mol. The largest absolute Gasteiger partial charge is 0.365 e. The van der Waals surface area contributed by atoms with Crippen molar-refractivity contribution in [3.63, 3.8) is 0 Å². The lowest BCUT2D eigenvalue weighted by Gasteiger charge is -2.33. The van der Waals surface area contributed by atoms with Crippen LogP contribution in [0.1, 0.15) is 47.4 Å². The van der Waals surface area contributed by atoms with Gasteiger partial charge in [-0.15, -0.1) is 17.0 Å². The van der Waals surface area contributed by atoms with Crippen molar-refractivity contribution in [3.05, 3.63) is 117 Å². The minimum absolute atomic E-state index is 0. The van der Waals surface area contributed by atoms with E-state index in [9.17, 15) is 4.79 Å². The number of nitrogens with zero attached hydrogens (tertiary/aromatic N) is 2. The third-order valence-electron chi connectivity index (χ3n) is 6.30. The molecule has 0 saturated heterocycles. The molecule has 0 aliphatic carbocycles. The molecule has 1 aliphatic rings. The Bertz CT molecular complexity index is 1230. The smallest absolute Gasteiger partial charge is 0.185 e. The molecule has 4 rings (SSSR count). The zero-order chi connectivity index (χ0) is 26.4. The van der Waals surface area contributed by atoms with Crippen LogP contribution < -0.4 is 0 Å². The van der Waals surface area contributed by atoms with Crippen molar-refractivity contribution in [1.29, 1.82) is 0 Å². The molecular weight excluding hydrogens is 630 g/mol. The minimum atomic E-state index is -0.553. The quantitative estimate of drug-likeness (QED) is 0.117. The van der Waals surface area contributed by atoms with E-state index < -0.39 is 11.6 Å². The second-order valence-corrected chi connectivity index (χ2v) is 10.6. The number of carbonyl (C=O) groups is 1. The van der Waals surface area contributed by atoms with E-state index in [4.69, 9.17) is 51.1 Å². The van der Waals surface area contributed by atoms with Crippen LogP contribution in [0.25, 0.3) is 0 Å². The highest BCUT2D eigenvalue weighted by molar-refractivity contribution is 8.93. The number of halogens is 5. The molecule has 1 aliphatic heterocycles. The lowest BCUT2D eigenvalue weighted by atomic mass is 9.99. The summed E-state index contributed by atoms with van der Waals surface area (Å²) in [6, 6.07) is 21.9. The summed E-state index contributed by atoms with van der Waals surface area (Å²) in [7, 11) is 0. The number of carbonyl (C=O) groups excluding carboxylic acids is 1. The molecule has 4 nitrogen and oxygen atoms in total. The maximum Gasteiger partial charge on any atom is 0.185 e. The molecule has 3 aromatic carbocycles. The molecule has 0 bridgehead atoms. The Kier molecular flexibility index (Phi) is 11.8. The van der Waals surface area contributed by atoms with E-state index in [2.05, 4.69) is 6.92 Å². The normalized spacial score (nSPS) is 15.2. The van der Waals surface area contributed by atoms with Gasteiger partial charge >= 0.3 is 0 Å². The maximum atomic E-state index is 13.3. The van der Waals surface area contributed by atoms with Crippen LogP contribution in [0.5, 0.6) is 0 Å². The molecule has 9 heteroatoms. The van der Waals surface area contributed by atoms with Gasteiger partial charge in [-0.2, -0.15) is 0 Å². The van der Waals surface area contributed by atoms with Crippen LogP contribution >= 0.6 is 63.4 Å². The number of alkyl halides is 1.